The number of carbonyl (C=O) groups is 1. The number of amides is 1. The summed E-state index contributed by atoms with van der Waals surface area (Å²) in [6.07, 6.45) is 8.94. The number of hydrogen-bond acceptors (Lipinski definition) is 6. The molecule has 2 aliphatic rings. The average molecular weight is 492 g/mol. The van der Waals surface area contributed by atoms with Gasteiger partial charge in [-0.3, -0.25) is 14.5 Å². The van der Waals surface area contributed by atoms with E-state index < -0.39 is 10.0 Å². The van der Waals surface area contributed by atoms with E-state index in [0.29, 0.717) is 29.9 Å². The highest BCUT2D eigenvalue weighted by Crippen LogP contribution is 2.25. The Hall–Kier alpha value is -3.53. The van der Waals surface area contributed by atoms with Crippen LogP contribution in [0, 0.1) is 0 Å². The molecule has 2 aromatic carbocycles. The lowest BCUT2D eigenvalue weighted by Gasteiger charge is -2.41. The molecule has 1 aromatic heterocycles. The molecule has 3 aromatic rings. The van der Waals surface area contributed by atoms with E-state index in [0.717, 1.165) is 5.39 Å². The number of nitrogens with zero attached hydrogens (tertiary/aromatic N) is 2. The topological polar surface area (TPSA) is 97.8 Å². The van der Waals surface area contributed by atoms with Gasteiger partial charge in [-0.2, -0.15) is 0 Å². The fourth-order valence-corrected chi connectivity index (χ4v) is 5.42. The molecule has 1 saturated heterocycles. The lowest BCUT2D eigenvalue weighted by molar-refractivity contribution is -0.0981. The zero-order valence-electron chi connectivity index (χ0n) is 19.1. The van der Waals surface area contributed by atoms with Crippen LogP contribution in [0.2, 0.25) is 0 Å². The van der Waals surface area contributed by atoms with Crippen LogP contribution in [0.3, 0.4) is 0 Å². The second-order valence-corrected chi connectivity index (χ2v) is 10.1. The van der Waals surface area contributed by atoms with Crippen molar-refractivity contribution in [3.63, 3.8) is 0 Å². The highest BCUT2D eigenvalue weighted by atomic mass is 32.2. The SMILES string of the molecule is COC1C=CC=CC1OC1CN(C(=O)c2ccc(NS(=O)(=O)c3cccc4cccnc34)cc2)C1. The van der Waals surface area contributed by atoms with E-state index in [1.165, 1.54) is 6.07 Å². The summed E-state index contributed by atoms with van der Waals surface area (Å²) in [6.45, 7) is 0.984. The van der Waals surface area contributed by atoms with Crippen molar-refractivity contribution in [3.8, 4) is 0 Å². The van der Waals surface area contributed by atoms with E-state index in [1.807, 2.05) is 36.4 Å². The van der Waals surface area contributed by atoms with E-state index in [4.69, 9.17) is 9.47 Å². The van der Waals surface area contributed by atoms with Gasteiger partial charge in [-0.25, -0.2) is 8.42 Å². The number of fused-ring (bicyclic) bond motifs is 1. The Kier molecular flexibility index (Phi) is 6.38. The van der Waals surface area contributed by atoms with E-state index >= 15 is 0 Å². The molecule has 2 atom stereocenters. The molecule has 1 aliphatic heterocycles. The smallest absolute Gasteiger partial charge is 0.264 e. The number of ether oxygens (including phenoxy) is 2. The third kappa shape index (κ3) is 4.84. The number of aromatic nitrogens is 1. The van der Waals surface area contributed by atoms with Crippen molar-refractivity contribution >= 4 is 32.5 Å². The van der Waals surface area contributed by atoms with Gasteiger partial charge < -0.3 is 14.4 Å². The molecule has 0 spiro atoms. The second kappa shape index (κ2) is 9.61. The predicted molar refractivity (Wildman–Crippen MR) is 133 cm³/mol. The van der Waals surface area contributed by atoms with Crippen LogP contribution in [0.15, 0.2) is 90.0 Å². The van der Waals surface area contributed by atoms with Gasteiger partial charge in [0.15, 0.2) is 0 Å². The molecule has 8 nitrogen and oxygen atoms in total. The van der Waals surface area contributed by atoms with Crippen molar-refractivity contribution in [3.05, 3.63) is 90.7 Å². The van der Waals surface area contributed by atoms with Gasteiger partial charge in [-0.1, -0.05) is 42.5 Å². The van der Waals surface area contributed by atoms with Crippen LogP contribution in [0.1, 0.15) is 10.4 Å². The van der Waals surface area contributed by atoms with Crippen LogP contribution in [0.25, 0.3) is 10.9 Å². The van der Waals surface area contributed by atoms with Gasteiger partial charge in [-0.15, -0.1) is 0 Å². The number of carbonyl (C=O) groups excluding carboxylic acids is 1. The van der Waals surface area contributed by atoms with Crippen LogP contribution >= 0.6 is 0 Å². The number of benzene rings is 2. The van der Waals surface area contributed by atoms with Gasteiger partial charge in [0.2, 0.25) is 0 Å². The summed E-state index contributed by atoms with van der Waals surface area (Å²) in [4.78, 5) is 18.8. The number of nitrogens with one attached hydrogen (secondary N) is 1. The zero-order chi connectivity index (χ0) is 24.4. The van der Waals surface area contributed by atoms with Crippen LogP contribution in [0.4, 0.5) is 5.69 Å². The lowest BCUT2D eigenvalue weighted by atomic mass is 10.1. The summed E-state index contributed by atoms with van der Waals surface area (Å²) in [7, 11) is -2.21. The van der Waals surface area contributed by atoms with E-state index in [2.05, 4.69) is 9.71 Å². The van der Waals surface area contributed by atoms with E-state index in [1.54, 1.807) is 54.6 Å². The summed E-state index contributed by atoms with van der Waals surface area (Å²) in [5.41, 5.74) is 1.25. The fraction of sp³-hybridized carbons (Fsp3) is 0.231. The minimum Gasteiger partial charge on any atom is -0.374 e. The molecular weight excluding hydrogens is 466 g/mol. The van der Waals surface area contributed by atoms with Gasteiger partial charge in [0.05, 0.1) is 11.6 Å². The number of sulfonamides is 1. The number of anilines is 1. The highest BCUT2D eigenvalue weighted by Gasteiger charge is 2.35. The summed E-state index contributed by atoms with van der Waals surface area (Å²) < 4.78 is 40.0. The predicted octanol–water partition coefficient (Wildman–Crippen LogP) is 3.39. The average Bonchev–Trinajstić information content (AvgIpc) is 2.85. The van der Waals surface area contributed by atoms with Crippen LogP contribution in [-0.4, -0.2) is 62.7 Å². The zero-order valence-corrected chi connectivity index (χ0v) is 19.9. The number of methoxy groups -OCH3 is 1. The fourth-order valence-electron chi connectivity index (χ4n) is 4.18. The summed E-state index contributed by atoms with van der Waals surface area (Å²) in [5, 5.41) is 0.738. The number of likely N-dealkylation sites (tertiary alicyclic amines) is 1. The van der Waals surface area contributed by atoms with Crippen molar-refractivity contribution in [1.82, 2.24) is 9.88 Å². The normalized spacial score (nSPS) is 20.1. The minimum atomic E-state index is -3.86. The molecule has 2 unspecified atom stereocenters. The van der Waals surface area contributed by atoms with Crippen molar-refractivity contribution < 1.29 is 22.7 Å². The maximum absolute atomic E-state index is 13.0. The molecule has 9 heteroatoms. The molecule has 1 aliphatic carbocycles. The first-order valence-corrected chi connectivity index (χ1v) is 12.7. The molecular formula is C26H25N3O5S. The Balaban J connectivity index is 1.20. The quantitative estimate of drug-likeness (QED) is 0.544. The third-order valence-corrected chi connectivity index (χ3v) is 7.48. The van der Waals surface area contributed by atoms with Crippen molar-refractivity contribution in [2.75, 3.05) is 24.9 Å². The Bertz CT molecular complexity index is 1390. The molecule has 1 N–H and O–H groups in total. The van der Waals surface area contributed by atoms with Crippen LogP contribution < -0.4 is 4.72 Å². The molecule has 1 fully saturated rings. The first kappa shape index (κ1) is 23.2. The maximum Gasteiger partial charge on any atom is 0.264 e. The van der Waals surface area contributed by atoms with Crippen molar-refractivity contribution in [1.29, 1.82) is 0 Å². The second-order valence-electron chi connectivity index (χ2n) is 8.42. The molecule has 0 bridgehead atoms. The molecule has 35 heavy (non-hydrogen) atoms. The van der Waals surface area contributed by atoms with Gasteiger partial charge in [0.1, 0.15) is 17.1 Å². The number of para-hydroxylation sites is 1. The summed E-state index contributed by atoms with van der Waals surface area (Å²) >= 11 is 0. The minimum absolute atomic E-state index is 0.0573. The lowest BCUT2D eigenvalue weighted by Crippen LogP contribution is -2.56. The van der Waals surface area contributed by atoms with Gasteiger partial charge in [-0.05, 0) is 36.4 Å². The largest absolute Gasteiger partial charge is 0.374 e. The number of allylic oxidation sites excluding steroid dienone is 2. The molecule has 0 saturated carbocycles. The Morgan fingerprint density at radius 3 is 2.46 bits per heavy atom. The van der Waals surface area contributed by atoms with Crippen molar-refractivity contribution in [2.24, 2.45) is 0 Å². The molecule has 2 heterocycles. The number of pyridine rings is 1. The Morgan fingerprint density at radius 1 is 1.00 bits per heavy atom. The van der Waals surface area contributed by atoms with Crippen LogP contribution in [-0.2, 0) is 19.5 Å². The monoisotopic (exact) mass is 491 g/mol. The third-order valence-electron chi connectivity index (χ3n) is 6.06. The first-order chi connectivity index (χ1) is 16.9. The van der Waals surface area contributed by atoms with Gasteiger partial charge in [0, 0.05) is 43.0 Å². The highest BCUT2D eigenvalue weighted by molar-refractivity contribution is 7.93. The number of rotatable bonds is 7. The van der Waals surface area contributed by atoms with E-state index in [9.17, 15) is 13.2 Å². The standard InChI is InChI=1S/C26H25N3O5S/c1-33-22-8-2-3-9-23(22)34-21-16-29(17-21)26(30)19-11-13-20(14-12-19)28-35(31,32)24-10-4-6-18-7-5-15-27-25(18)24/h2-15,21-23,28H,16-17H2,1H3. The summed E-state index contributed by atoms with van der Waals surface area (Å²) in [6, 6.07) is 15.0. The van der Waals surface area contributed by atoms with Gasteiger partial charge >= 0.3 is 0 Å². The maximum atomic E-state index is 13.0. The Morgan fingerprint density at radius 2 is 1.71 bits per heavy atom. The molecule has 0 radical (unpaired) electrons. The van der Waals surface area contributed by atoms with E-state index in [-0.39, 0.29) is 29.1 Å². The summed E-state index contributed by atoms with van der Waals surface area (Å²) in [5.74, 6) is -0.125. The van der Waals surface area contributed by atoms with Crippen LogP contribution in [0.5, 0.6) is 0 Å². The van der Waals surface area contributed by atoms with Gasteiger partial charge in [0.25, 0.3) is 15.9 Å². The molecule has 5 rings (SSSR count). The Labute approximate surface area is 203 Å². The van der Waals surface area contributed by atoms with Crippen molar-refractivity contribution in [2.45, 2.75) is 23.2 Å². The first-order valence-electron chi connectivity index (χ1n) is 11.2. The molecule has 1 amide bonds. The number of hydrogen-bond donors (Lipinski definition) is 1. The molecule has 180 valence electrons.